The molecule has 1 aromatic heterocycles. The second kappa shape index (κ2) is 3.19. The molecule has 2 aromatic rings. The molecule has 0 spiro atoms. The van der Waals surface area contributed by atoms with Gasteiger partial charge in [-0.2, -0.15) is 5.10 Å². The minimum Gasteiger partial charge on any atom is -0.267 e. The maximum atomic E-state index is 11.5. The van der Waals surface area contributed by atoms with Crippen molar-refractivity contribution in [2.45, 2.75) is 25.2 Å². The van der Waals surface area contributed by atoms with Crippen LogP contribution in [0.15, 0.2) is 29.1 Å². The lowest BCUT2D eigenvalue weighted by Gasteiger charge is -2.25. The Morgan fingerprint density at radius 3 is 2.60 bits per heavy atom. The van der Waals surface area contributed by atoms with Crippen molar-refractivity contribution in [2.75, 3.05) is 0 Å². The molecule has 1 aliphatic rings. The zero-order valence-electron chi connectivity index (χ0n) is 8.36. The number of benzene rings is 1. The summed E-state index contributed by atoms with van der Waals surface area (Å²) in [4.78, 5) is 11.5. The topological polar surface area (TPSA) is 45.8 Å². The van der Waals surface area contributed by atoms with Crippen LogP contribution in [0.3, 0.4) is 0 Å². The molecular formula is C12H12N2O. The van der Waals surface area contributed by atoms with Crippen LogP contribution in [0.1, 0.15) is 30.9 Å². The molecule has 0 saturated heterocycles. The number of nitrogens with zero attached hydrogens (tertiary/aromatic N) is 1. The first-order valence-electron chi connectivity index (χ1n) is 5.33. The summed E-state index contributed by atoms with van der Waals surface area (Å²) in [7, 11) is 0. The number of fused-ring (bicyclic) bond motifs is 1. The van der Waals surface area contributed by atoms with Gasteiger partial charge in [-0.05, 0) is 18.9 Å². The molecule has 3 rings (SSSR count). The van der Waals surface area contributed by atoms with Gasteiger partial charge in [0.15, 0.2) is 0 Å². The first-order valence-corrected chi connectivity index (χ1v) is 5.33. The van der Waals surface area contributed by atoms with Crippen molar-refractivity contribution in [2.24, 2.45) is 0 Å². The van der Waals surface area contributed by atoms with Crippen LogP contribution in [0.4, 0.5) is 0 Å². The van der Waals surface area contributed by atoms with Gasteiger partial charge in [-0.15, -0.1) is 0 Å². The first kappa shape index (κ1) is 8.65. The Morgan fingerprint density at radius 1 is 1.20 bits per heavy atom. The SMILES string of the molecule is O=c1[nH]nc(C2CCC2)c2ccccc12. The van der Waals surface area contributed by atoms with Crippen molar-refractivity contribution in [1.82, 2.24) is 10.2 Å². The smallest absolute Gasteiger partial charge is 0.267 e. The van der Waals surface area contributed by atoms with E-state index in [9.17, 15) is 4.79 Å². The molecule has 15 heavy (non-hydrogen) atoms. The quantitative estimate of drug-likeness (QED) is 0.767. The standard InChI is InChI=1S/C12H12N2O/c15-12-10-7-2-1-6-9(10)11(13-14-12)8-4-3-5-8/h1-2,6-8H,3-5H2,(H,14,15). The number of rotatable bonds is 1. The lowest BCUT2D eigenvalue weighted by atomic mass is 9.81. The molecule has 0 aliphatic heterocycles. The van der Waals surface area contributed by atoms with Gasteiger partial charge in [-0.3, -0.25) is 4.79 Å². The average Bonchev–Trinajstić information content (AvgIpc) is 2.20. The zero-order valence-corrected chi connectivity index (χ0v) is 8.36. The van der Waals surface area contributed by atoms with E-state index in [0.29, 0.717) is 5.92 Å². The van der Waals surface area contributed by atoms with Crippen LogP contribution in [-0.2, 0) is 0 Å². The average molecular weight is 200 g/mol. The van der Waals surface area contributed by atoms with Gasteiger partial charge in [0.2, 0.25) is 0 Å². The molecule has 1 N–H and O–H groups in total. The normalized spacial score (nSPS) is 16.5. The van der Waals surface area contributed by atoms with E-state index >= 15 is 0 Å². The highest BCUT2D eigenvalue weighted by Crippen LogP contribution is 2.37. The van der Waals surface area contributed by atoms with Gasteiger partial charge >= 0.3 is 0 Å². The Morgan fingerprint density at radius 2 is 1.93 bits per heavy atom. The van der Waals surface area contributed by atoms with E-state index < -0.39 is 0 Å². The van der Waals surface area contributed by atoms with Crippen LogP contribution in [-0.4, -0.2) is 10.2 Å². The van der Waals surface area contributed by atoms with Crippen molar-refractivity contribution in [3.05, 3.63) is 40.3 Å². The summed E-state index contributed by atoms with van der Waals surface area (Å²) < 4.78 is 0. The van der Waals surface area contributed by atoms with Crippen molar-refractivity contribution < 1.29 is 0 Å². The van der Waals surface area contributed by atoms with Gasteiger partial charge in [0.1, 0.15) is 0 Å². The summed E-state index contributed by atoms with van der Waals surface area (Å²) in [6.45, 7) is 0. The van der Waals surface area contributed by atoms with Crippen molar-refractivity contribution in [3.63, 3.8) is 0 Å². The Labute approximate surface area is 87.1 Å². The fraction of sp³-hybridized carbons (Fsp3) is 0.333. The van der Waals surface area contributed by atoms with Crippen molar-refractivity contribution in [1.29, 1.82) is 0 Å². The van der Waals surface area contributed by atoms with E-state index in [1.54, 1.807) is 0 Å². The van der Waals surface area contributed by atoms with Crippen LogP contribution >= 0.6 is 0 Å². The third-order valence-corrected chi connectivity index (χ3v) is 3.22. The molecule has 1 aliphatic carbocycles. The Hall–Kier alpha value is -1.64. The maximum absolute atomic E-state index is 11.5. The summed E-state index contributed by atoms with van der Waals surface area (Å²) in [6.07, 6.45) is 3.67. The summed E-state index contributed by atoms with van der Waals surface area (Å²) in [5, 5.41) is 8.56. The van der Waals surface area contributed by atoms with Gasteiger partial charge in [0.25, 0.3) is 5.56 Å². The lowest BCUT2D eigenvalue weighted by molar-refractivity contribution is 0.411. The second-order valence-corrected chi connectivity index (χ2v) is 4.11. The largest absolute Gasteiger partial charge is 0.272 e. The van der Waals surface area contributed by atoms with Crippen LogP contribution in [0, 0.1) is 0 Å². The van der Waals surface area contributed by atoms with Crippen LogP contribution in [0.5, 0.6) is 0 Å². The van der Waals surface area contributed by atoms with E-state index in [2.05, 4.69) is 10.2 Å². The molecule has 3 nitrogen and oxygen atoms in total. The summed E-state index contributed by atoms with van der Waals surface area (Å²) >= 11 is 0. The molecule has 76 valence electrons. The fourth-order valence-electron chi connectivity index (χ4n) is 2.13. The van der Waals surface area contributed by atoms with Gasteiger partial charge in [-0.25, -0.2) is 5.10 Å². The fourth-order valence-corrected chi connectivity index (χ4v) is 2.13. The first-order chi connectivity index (χ1) is 7.36. The summed E-state index contributed by atoms with van der Waals surface area (Å²) in [6, 6.07) is 7.71. The molecule has 0 unspecified atom stereocenters. The maximum Gasteiger partial charge on any atom is 0.272 e. The Bertz CT molecular complexity index is 555. The monoisotopic (exact) mass is 200 g/mol. The van der Waals surface area contributed by atoms with Gasteiger partial charge in [0, 0.05) is 11.3 Å². The number of aromatic nitrogens is 2. The molecule has 0 radical (unpaired) electrons. The van der Waals surface area contributed by atoms with Crippen molar-refractivity contribution in [3.8, 4) is 0 Å². The molecule has 1 aromatic carbocycles. The van der Waals surface area contributed by atoms with E-state index in [1.807, 2.05) is 24.3 Å². The number of aromatic amines is 1. The van der Waals surface area contributed by atoms with Crippen LogP contribution < -0.4 is 5.56 Å². The number of hydrogen-bond acceptors (Lipinski definition) is 2. The molecule has 0 amide bonds. The molecule has 1 heterocycles. The van der Waals surface area contributed by atoms with Crippen LogP contribution in [0.2, 0.25) is 0 Å². The van der Waals surface area contributed by atoms with Gasteiger partial charge in [-0.1, -0.05) is 24.6 Å². The minimum absolute atomic E-state index is 0.0892. The molecule has 1 saturated carbocycles. The molecule has 1 fully saturated rings. The number of H-pyrrole nitrogens is 1. The predicted molar refractivity (Wildman–Crippen MR) is 59.0 cm³/mol. The summed E-state index contributed by atoms with van der Waals surface area (Å²) in [5.41, 5.74) is 0.977. The summed E-state index contributed by atoms with van der Waals surface area (Å²) in [5.74, 6) is 0.548. The minimum atomic E-state index is -0.0892. The highest BCUT2D eigenvalue weighted by atomic mass is 16.1. The molecule has 0 atom stereocenters. The van der Waals surface area contributed by atoms with Gasteiger partial charge in [0.05, 0.1) is 11.1 Å². The number of nitrogens with one attached hydrogen (secondary N) is 1. The van der Waals surface area contributed by atoms with E-state index in [1.165, 1.54) is 19.3 Å². The van der Waals surface area contributed by atoms with Gasteiger partial charge < -0.3 is 0 Å². The Kier molecular flexibility index (Phi) is 1.84. The highest BCUT2D eigenvalue weighted by Gasteiger charge is 2.23. The molecular weight excluding hydrogens is 188 g/mol. The molecule has 0 bridgehead atoms. The zero-order chi connectivity index (χ0) is 10.3. The lowest BCUT2D eigenvalue weighted by Crippen LogP contribution is -2.17. The Balaban J connectivity index is 2.30. The highest BCUT2D eigenvalue weighted by molar-refractivity contribution is 5.83. The van der Waals surface area contributed by atoms with E-state index in [0.717, 1.165) is 16.5 Å². The third-order valence-electron chi connectivity index (χ3n) is 3.22. The number of hydrogen-bond donors (Lipinski definition) is 1. The molecule has 3 heteroatoms. The van der Waals surface area contributed by atoms with Crippen LogP contribution in [0.25, 0.3) is 10.8 Å². The van der Waals surface area contributed by atoms with Crippen molar-refractivity contribution >= 4 is 10.8 Å². The van der Waals surface area contributed by atoms with E-state index in [-0.39, 0.29) is 5.56 Å². The second-order valence-electron chi connectivity index (χ2n) is 4.11. The third kappa shape index (κ3) is 1.27. The predicted octanol–water partition coefficient (Wildman–Crippen LogP) is 2.19. The van der Waals surface area contributed by atoms with E-state index in [4.69, 9.17) is 0 Å².